The van der Waals surface area contributed by atoms with Gasteiger partial charge in [-0.15, -0.1) is 16.4 Å². The number of benzene rings is 1. The first-order valence-corrected chi connectivity index (χ1v) is 11.7. The normalized spacial score (nSPS) is 14.6. The van der Waals surface area contributed by atoms with Crippen molar-refractivity contribution in [2.24, 2.45) is 5.92 Å². The summed E-state index contributed by atoms with van der Waals surface area (Å²) in [5.74, 6) is 0.873. The molecule has 1 aliphatic rings. The van der Waals surface area contributed by atoms with Crippen LogP contribution in [0.1, 0.15) is 23.3 Å². The topological polar surface area (TPSA) is 67.2 Å². The number of piperidine rings is 1. The van der Waals surface area contributed by atoms with Crippen LogP contribution < -0.4 is 15.8 Å². The molecule has 3 heterocycles. The van der Waals surface area contributed by atoms with Crippen LogP contribution in [0.3, 0.4) is 0 Å². The summed E-state index contributed by atoms with van der Waals surface area (Å²) >= 11 is 7.94. The number of thiophene rings is 1. The molecule has 8 heteroatoms. The Morgan fingerprint density at radius 3 is 2.74 bits per heavy atom. The van der Waals surface area contributed by atoms with E-state index < -0.39 is 0 Å². The van der Waals surface area contributed by atoms with Gasteiger partial charge >= 0.3 is 0 Å². The molecule has 3 aromatic rings. The average Bonchev–Trinajstić information content (AvgIpc) is 3.30. The summed E-state index contributed by atoms with van der Waals surface area (Å²) in [4.78, 5) is 28.3. The second kappa shape index (κ2) is 9.66. The molecule has 1 aromatic carbocycles. The molecule has 1 aliphatic heterocycles. The molecule has 1 saturated heterocycles. The van der Waals surface area contributed by atoms with Crippen molar-refractivity contribution < 1.29 is 4.79 Å². The molecular formula is C23H25ClN4O2S. The molecule has 31 heavy (non-hydrogen) atoms. The van der Waals surface area contributed by atoms with Crippen LogP contribution >= 0.6 is 22.9 Å². The highest BCUT2D eigenvalue weighted by molar-refractivity contribution is 7.09. The Hall–Kier alpha value is -2.64. The van der Waals surface area contributed by atoms with E-state index in [0.717, 1.165) is 43.7 Å². The number of aromatic nitrogens is 2. The summed E-state index contributed by atoms with van der Waals surface area (Å²) in [5.41, 5.74) is 1.39. The molecule has 6 nitrogen and oxygen atoms in total. The standard InChI is InChI=1S/C23H25ClN4O2S/c1-16-4-5-18(15-20(16)24)28-22(29)7-6-21(26-28)27-12-9-17(10-13-27)23(30)25-11-8-19-3-2-14-31-19/h2-7,14-15,17H,8-13H2,1H3,(H,25,30). The number of carbonyl (C=O) groups is 1. The van der Waals surface area contributed by atoms with Crippen LogP contribution in [-0.4, -0.2) is 35.3 Å². The lowest BCUT2D eigenvalue weighted by Gasteiger charge is -2.32. The fourth-order valence-electron chi connectivity index (χ4n) is 3.75. The van der Waals surface area contributed by atoms with Crippen molar-refractivity contribution >= 4 is 34.7 Å². The number of hydrogen-bond acceptors (Lipinski definition) is 5. The van der Waals surface area contributed by atoms with Crippen molar-refractivity contribution in [3.05, 3.63) is 73.7 Å². The van der Waals surface area contributed by atoms with Crippen LogP contribution in [0.5, 0.6) is 0 Å². The molecule has 0 saturated carbocycles. The van der Waals surface area contributed by atoms with Gasteiger partial charge in [-0.3, -0.25) is 9.59 Å². The summed E-state index contributed by atoms with van der Waals surface area (Å²) in [6.07, 6.45) is 2.40. The van der Waals surface area contributed by atoms with E-state index in [2.05, 4.69) is 26.8 Å². The van der Waals surface area contributed by atoms with Gasteiger partial charge in [0.05, 0.1) is 5.69 Å². The van der Waals surface area contributed by atoms with E-state index in [0.29, 0.717) is 17.3 Å². The first-order valence-electron chi connectivity index (χ1n) is 10.4. The second-order valence-corrected chi connectivity index (χ2v) is 9.20. The third kappa shape index (κ3) is 5.17. The molecule has 2 aromatic heterocycles. The number of halogens is 1. The van der Waals surface area contributed by atoms with Gasteiger partial charge in [0.2, 0.25) is 5.91 Å². The zero-order valence-corrected chi connectivity index (χ0v) is 19.0. The number of amides is 1. The van der Waals surface area contributed by atoms with E-state index in [1.165, 1.54) is 15.6 Å². The molecule has 0 aliphatic carbocycles. The van der Waals surface area contributed by atoms with E-state index in [-0.39, 0.29) is 17.4 Å². The second-order valence-electron chi connectivity index (χ2n) is 7.76. The minimum atomic E-state index is -0.205. The third-order valence-corrected chi connectivity index (χ3v) is 6.97. The van der Waals surface area contributed by atoms with Gasteiger partial charge in [-0.05, 0) is 61.4 Å². The first kappa shape index (κ1) is 21.6. The van der Waals surface area contributed by atoms with Crippen molar-refractivity contribution in [2.75, 3.05) is 24.5 Å². The fraction of sp³-hybridized carbons (Fsp3) is 0.348. The molecule has 1 amide bonds. The monoisotopic (exact) mass is 456 g/mol. The molecule has 0 radical (unpaired) electrons. The summed E-state index contributed by atoms with van der Waals surface area (Å²) in [5, 5.41) is 10.3. The lowest BCUT2D eigenvalue weighted by molar-refractivity contribution is -0.125. The quantitative estimate of drug-likeness (QED) is 0.612. The summed E-state index contributed by atoms with van der Waals surface area (Å²) in [6.45, 7) is 4.04. The van der Waals surface area contributed by atoms with Crippen LogP contribution in [0.2, 0.25) is 5.02 Å². The number of nitrogens with one attached hydrogen (secondary N) is 1. The number of carbonyl (C=O) groups excluding carboxylic acids is 1. The molecule has 0 atom stereocenters. The smallest absolute Gasteiger partial charge is 0.271 e. The van der Waals surface area contributed by atoms with Crippen LogP contribution in [0.4, 0.5) is 5.82 Å². The third-order valence-electron chi connectivity index (χ3n) is 5.63. The molecule has 162 valence electrons. The Morgan fingerprint density at radius 2 is 2.03 bits per heavy atom. The van der Waals surface area contributed by atoms with Gasteiger partial charge in [0.25, 0.3) is 5.56 Å². The predicted molar refractivity (Wildman–Crippen MR) is 126 cm³/mol. The largest absolute Gasteiger partial charge is 0.355 e. The van der Waals surface area contributed by atoms with Crippen molar-refractivity contribution in [1.82, 2.24) is 15.1 Å². The lowest BCUT2D eigenvalue weighted by Crippen LogP contribution is -2.41. The van der Waals surface area contributed by atoms with Gasteiger partial charge in [-0.1, -0.05) is 23.7 Å². The Bertz CT molecular complexity index is 1110. The number of anilines is 1. The molecule has 1 fully saturated rings. The van der Waals surface area contributed by atoms with Crippen molar-refractivity contribution in [3.8, 4) is 5.69 Å². The van der Waals surface area contributed by atoms with Gasteiger partial charge in [0, 0.05) is 41.5 Å². The van der Waals surface area contributed by atoms with Gasteiger partial charge in [-0.25, -0.2) is 0 Å². The Labute approximate surface area is 190 Å². The minimum Gasteiger partial charge on any atom is -0.355 e. The number of hydrogen-bond donors (Lipinski definition) is 1. The van der Waals surface area contributed by atoms with Crippen molar-refractivity contribution in [3.63, 3.8) is 0 Å². The van der Waals surface area contributed by atoms with Crippen molar-refractivity contribution in [2.45, 2.75) is 26.2 Å². The predicted octanol–water partition coefficient (Wildman–Crippen LogP) is 3.83. The van der Waals surface area contributed by atoms with E-state index in [9.17, 15) is 9.59 Å². The van der Waals surface area contributed by atoms with Crippen molar-refractivity contribution in [1.29, 1.82) is 0 Å². The zero-order chi connectivity index (χ0) is 21.8. The maximum absolute atomic E-state index is 12.5. The maximum atomic E-state index is 12.5. The molecule has 1 N–H and O–H groups in total. The summed E-state index contributed by atoms with van der Waals surface area (Å²) < 4.78 is 1.38. The fourth-order valence-corrected chi connectivity index (χ4v) is 4.63. The average molecular weight is 457 g/mol. The summed E-state index contributed by atoms with van der Waals surface area (Å²) in [6, 6.07) is 12.9. The Balaban J connectivity index is 1.36. The van der Waals surface area contributed by atoms with Crippen LogP contribution in [0.25, 0.3) is 5.69 Å². The van der Waals surface area contributed by atoms with Gasteiger partial charge in [0.1, 0.15) is 5.82 Å². The minimum absolute atomic E-state index is 0.0152. The lowest BCUT2D eigenvalue weighted by atomic mass is 9.96. The molecule has 0 unspecified atom stereocenters. The highest BCUT2D eigenvalue weighted by atomic mass is 35.5. The van der Waals surface area contributed by atoms with Gasteiger partial charge < -0.3 is 10.2 Å². The van der Waals surface area contributed by atoms with Crippen LogP contribution in [0, 0.1) is 12.8 Å². The van der Waals surface area contributed by atoms with E-state index >= 15 is 0 Å². The van der Waals surface area contributed by atoms with Gasteiger partial charge in [0.15, 0.2) is 0 Å². The number of nitrogens with zero attached hydrogens (tertiary/aromatic N) is 3. The van der Waals surface area contributed by atoms with Crippen LogP contribution in [-0.2, 0) is 11.2 Å². The molecule has 0 spiro atoms. The van der Waals surface area contributed by atoms with E-state index in [4.69, 9.17) is 11.6 Å². The SMILES string of the molecule is Cc1ccc(-n2nc(N3CCC(C(=O)NCCc4cccs4)CC3)ccc2=O)cc1Cl. The van der Waals surface area contributed by atoms with Gasteiger partial charge in [-0.2, -0.15) is 4.68 Å². The van der Waals surface area contributed by atoms with Crippen LogP contribution in [0.15, 0.2) is 52.6 Å². The maximum Gasteiger partial charge on any atom is 0.271 e. The zero-order valence-electron chi connectivity index (χ0n) is 17.4. The first-order chi connectivity index (χ1) is 15.0. The molecule has 0 bridgehead atoms. The number of aryl methyl sites for hydroxylation is 1. The number of rotatable bonds is 6. The molecular weight excluding hydrogens is 432 g/mol. The van der Waals surface area contributed by atoms with E-state index in [1.807, 2.05) is 25.1 Å². The van der Waals surface area contributed by atoms with E-state index in [1.54, 1.807) is 23.5 Å². The highest BCUT2D eigenvalue weighted by Crippen LogP contribution is 2.23. The highest BCUT2D eigenvalue weighted by Gasteiger charge is 2.25. The Kier molecular flexibility index (Phi) is 6.73. The molecule has 4 rings (SSSR count). The summed E-state index contributed by atoms with van der Waals surface area (Å²) in [7, 11) is 0. The Morgan fingerprint density at radius 1 is 1.23 bits per heavy atom.